The number of carbonyl (C=O) groups is 1. The number of ether oxygens (including phenoxy) is 2. The summed E-state index contributed by atoms with van der Waals surface area (Å²) in [6.45, 7) is 1.71. The van der Waals surface area contributed by atoms with Gasteiger partial charge in [-0.2, -0.15) is 0 Å². The number of esters is 1. The quantitative estimate of drug-likeness (QED) is 0.205. The van der Waals surface area contributed by atoms with Crippen molar-refractivity contribution < 1.29 is 18.8 Å². The van der Waals surface area contributed by atoms with E-state index in [0.717, 1.165) is 48.4 Å². The van der Waals surface area contributed by atoms with Gasteiger partial charge in [-0.1, -0.05) is 52.1 Å². The van der Waals surface area contributed by atoms with Gasteiger partial charge in [0, 0.05) is 30.6 Å². The zero-order valence-electron chi connectivity index (χ0n) is 21.2. The monoisotopic (exact) mass is 582 g/mol. The molecule has 39 heavy (non-hydrogen) atoms. The molecular weight excluding hydrogens is 559 g/mol. The molecule has 6 nitrogen and oxygen atoms in total. The molecule has 0 atom stereocenters. The molecule has 2 aliphatic rings. The van der Waals surface area contributed by atoms with Crippen LogP contribution in [0.15, 0.2) is 59.1 Å². The van der Waals surface area contributed by atoms with Crippen LogP contribution in [0.5, 0.6) is 5.75 Å². The molecule has 200 valence electrons. The molecule has 9 heteroatoms. The summed E-state index contributed by atoms with van der Waals surface area (Å²) < 4.78 is 16.8. The van der Waals surface area contributed by atoms with Gasteiger partial charge in [0.2, 0.25) is 0 Å². The van der Waals surface area contributed by atoms with E-state index in [4.69, 9.17) is 48.8 Å². The number of fused-ring (bicyclic) bond motifs is 1. The smallest absolute Gasteiger partial charge is 0.337 e. The van der Waals surface area contributed by atoms with Crippen molar-refractivity contribution >= 4 is 46.5 Å². The summed E-state index contributed by atoms with van der Waals surface area (Å²) in [4.78, 5) is 14.2. The number of methoxy groups -OCH3 is 1. The minimum atomic E-state index is -0.341. The van der Waals surface area contributed by atoms with Crippen molar-refractivity contribution in [2.75, 3.05) is 18.6 Å². The van der Waals surface area contributed by atoms with E-state index in [2.05, 4.69) is 10.1 Å². The lowest BCUT2D eigenvalue weighted by Gasteiger charge is -2.31. The Hall–Kier alpha value is -3.19. The summed E-state index contributed by atoms with van der Waals surface area (Å²) in [6, 6.07) is 16.8. The summed E-state index contributed by atoms with van der Waals surface area (Å²) in [5.41, 5.74) is 5.87. The average Bonchev–Trinajstić information content (AvgIpc) is 3.70. The molecule has 0 N–H and O–H groups in total. The number of hydrogen-bond acceptors (Lipinski definition) is 6. The number of rotatable bonds is 7. The molecule has 4 aromatic rings. The lowest BCUT2D eigenvalue weighted by Crippen LogP contribution is -2.30. The fourth-order valence-corrected chi connectivity index (χ4v) is 5.91. The van der Waals surface area contributed by atoms with Gasteiger partial charge < -0.3 is 18.9 Å². The third kappa shape index (κ3) is 5.21. The number of nitrogens with zero attached hydrogens (tertiary/aromatic N) is 2. The number of anilines is 1. The third-order valence-electron chi connectivity index (χ3n) is 7.25. The van der Waals surface area contributed by atoms with Crippen LogP contribution in [-0.4, -0.2) is 24.8 Å². The highest BCUT2D eigenvalue weighted by atomic mass is 35.5. The van der Waals surface area contributed by atoms with E-state index < -0.39 is 0 Å². The average molecular weight is 584 g/mol. The van der Waals surface area contributed by atoms with Gasteiger partial charge in [0.05, 0.1) is 39.0 Å². The molecule has 1 saturated carbocycles. The van der Waals surface area contributed by atoms with Gasteiger partial charge in [-0.15, -0.1) is 0 Å². The topological polar surface area (TPSA) is 64.8 Å². The zero-order valence-corrected chi connectivity index (χ0v) is 23.4. The van der Waals surface area contributed by atoms with Gasteiger partial charge in [0.1, 0.15) is 23.8 Å². The van der Waals surface area contributed by atoms with Crippen LogP contribution in [0, 0.1) is 0 Å². The van der Waals surface area contributed by atoms with Gasteiger partial charge in [0.15, 0.2) is 0 Å². The summed E-state index contributed by atoms with van der Waals surface area (Å²) in [7, 11) is 1.39. The zero-order chi connectivity index (χ0) is 27.1. The van der Waals surface area contributed by atoms with Crippen LogP contribution in [0.2, 0.25) is 15.1 Å². The molecule has 0 bridgehead atoms. The van der Waals surface area contributed by atoms with Gasteiger partial charge in [-0.05, 0) is 66.8 Å². The van der Waals surface area contributed by atoms with Gasteiger partial charge in [0.25, 0.3) is 0 Å². The van der Waals surface area contributed by atoms with Crippen LogP contribution in [0.3, 0.4) is 0 Å². The first-order chi connectivity index (χ1) is 18.9. The highest BCUT2D eigenvalue weighted by Crippen LogP contribution is 2.46. The van der Waals surface area contributed by atoms with Crippen LogP contribution in [0.1, 0.15) is 51.6 Å². The number of benzene rings is 3. The van der Waals surface area contributed by atoms with E-state index in [-0.39, 0.29) is 12.6 Å². The van der Waals surface area contributed by atoms with E-state index >= 15 is 0 Å². The Balaban J connectivity index is 1.22. The first-order valence-electron chi connectivity index (χ1n) is 12.7. The standard InChI is InChI=1S/C30H25Cl3N2O4/c1-37-30(36)19-8-5-17-11-12-35(15-20(17)13-19)26-10-9-21(14-25(26)33)38-16-22-28(34-39-29(22)18-6-7-18)27-23(31)3-2-4-24(27)32/h2-5,8-10,13-14,18H,6-7,11-12,15-16H2,1H3. The van der Waals surface area contributed by atoms with E-state index in [1.807, 2.05) is 36.4 Å². The Morgan fingerprint density at radius 3 is 2.54 bits per heavy atom. The number of aromatic nitrogens is 1. The molecule has 0 amide bonds. The SMILES string of the molecule is COC(=O)c1ccc2c(c1)CN(c1ccc(OCc3c(-c4c(Cl)cccc4Cl)noc3C3CC3)cc1Cl)CC2. The molecule has 0 radical (unpaired) electrons. The number of hydrogen-bond donors (Lipinski definition) is 0. The minimum absolute atomic E-state index is 0.245. The van der Waals surface area contributed by atoms with Crippen molar-refractivity contribution in [1.29, 1.82) is 0 Å². The van der Waals surface area contributed by atoms with Crippen molar-refractivity contribution in [3.63, 3.8) is 0 Å². The Kier molecular flexibility index (Phi) is 7.19. The highest BCUT2D eigenvalue weighted by molar-refractivity contribution is 6.39. The molecule has 1 aliphatic heterocycles. The molecule has 0 saturated heterocycles. The molecule has 6 rings (SSSR count). The largest absolute Gasteiger partial charge is 0.489 e. The molecular formula is C30H25Cl3N2O4. The Bertz CT molecular complexity index is 1540. The maximum atomic E-state index is 12.0. The minimum Gasteiger partial charge on any atom is -0.489 e. The van der Waals surface area contributed by atoms with Crippen LogP contribution in [0.4, 0.5) is 5.69 Å². The van der Waals surface area contributed by atoms with Gasteiger partial charge >= 0.3 is 5.97 Å². The van der Waals surface area contributed by atoms with Gasteiger partial charge in [-0.3, -0.25) is 0 Å². The number of halogens is 3. The predicted octanol–water partition coefficient (Wildman–Crippen LogP) is 8.11. The van der Waals surface area contributed by atoms with Crippen molar-refractivity contribution in [3.8, 4) is 17.0 Å². The van der Waals surface area contributed by atoms with E-state index in [1.54, 1.807) is 18.2 Å². The molecule has 0 unspecified atom stereocenters. The predicted molar refractivity (Wildman–Crippen MR) is 152 cm³/mol. The third-order valence-corrected chi connectivity index (χ3v) is 8.18. The maximum Gasteiger partial charge on any atom is 0.337 e. The maximum absolute atomic E-state index is 12.0. The van der Waals surface area contributed by atoms with Crippen LogP contribution in [-0.2, 0) is 24.3 Å². The summed E-state index contributed by atoms with van der Waals surface area (Å²) in [5.74, 6) is 1.45. The fourth-order valence-electron chi connectivity index (χ4n) is 5.05. The lowest BCUT2D eigenvalue weighted by molar-refractivity contribution is 0.0600. The second kappa shape index (κ2) is 10.8. The Morgan fingerprint density at radius 2 is 1.82 bits per heavy atom. The fraction of sp³-hybridized carbons (Fsp3) is 0.267. The van der Waals surface area contributed by atoms with Crippen molar-refractivity contribution in [2.45, 2.75) is 38.3 Å². The Morgan fingerprint density at radius 1 is 1.03 bits per heavy atom. The van der Waals surface area contributed by atoms with Crippen molar-refractivity contribution in [1.82, 2.24) is 5.16 Å². The van der Waals surface area contributed by atoms with E-state index in [1.165, 1.54) is 12.7 Å². The molecule has 2 heterocycles. The summed E-state index contributed by atoms with van der Waals surface area (Å²) in [5, 5.41) is 5.93. The summed E-state index contributed by atoms with van der Waals surface area (Å²) in [6.07, 6.45) is 2.97. The first-order valence-corrected chi connectivity index (χ1v) is 13.9. The highest BCUT2D eigenvalue weighted by Gasteiger charge is 2.33. The summed E-state index contributed by atoms with van der Waals surface area (Å²) >= 11 is 19.7. The van der Waals surface area contributed by atoms with Crippen LogP contribution >= 0.6 is 34.8 Å². The van der Waals surface area contributed by atoms with Crippen LogP contribution in [0.25, 0.3) is 11.3 Å². The van der Waals surface area contributed by atoms with Crippen molar-refractivity contribution in [3.05, 3.63) is 97.7 Å². The number of carbonyl (C=O) groups excluding carboxylic acids is 1. The van der Waals surface area contributed by atoms with Crippen molar-refractivity contribution in [2.24, 2.45) is 0 Å². The first kappa shape index (κ1) is 26.1. The molecule has 1 aromatic heterocycles. The second-order valence-corrected chi connectivity index (χ2v) is 11.0. The molecule has 1 aliphatic carbocycles. The van der Waals surface area contributed by atoms with Gasteiger partial charge in [-0.25, -0.2) is 4.79 Å². The molecule has 3 aromatic carbocycles. The Labute approximate surface area is 241 Å². The van der Waals surface area contributed by atoms with E-state index in [0.29, 0.717) is 50.1 Å². The van der Waals surface area contributed by atoms with Crippen LogP contribution < -0.4 is 9.64 Å². The normalized spacial score (nSPS) is 14.7. The molecule has 0 spiro atoms. The molecule has 1 fully saturated rings. The van der Waals surface area contributed by atoms with E-state index in [9.17, 15) is 4.79 Å². The second-order valence-electron chi connectivity index (χ2n) is 9.79. The lowest BCUT2D eigenvalue weighted by atomic mass is 9.97.